The lowest BCUT2D eigenvalue weighted by molar-refractivity contribution is -0.115. The van der Waals surface area contributed by atoms with Crippen LogP contribution < -0.4 is 10.1 Å². The van der Waals surface area contributed by atoms with E-state index in [0.29, 0.717) is 10.7 Å². The van der Waals surface area contributed by atoms with Gasteiger partial charge in [-0.05, 0) is 42.5 Å². The predicted octanol–water partition coefficient (Wildman–Crippen LogP) is 1.77. The average Bonchev–Trinajstić information content (AvgIpc) is 2.67. The number of amides is 2. The number of benzene rings is 1. The number of carbonyl (C=O) groups is 2. The second-order valence-corrected chi connectivity index (χ2v) is 5.10. The molecule has 2 N–H and O–H groups in total. The molecule has 5 nitrogen and oxygen atoms in total. The highest BCUT2D eigenvalue weighted by Crippen LogP contribution is 2.26. The van der Waals surface area contributed by atoms with E-state index in [9.17, 15) is 9.59 Å². The zero-order chi connectivity index (χ0) is 13.8. The van der Waals surface area contributed by atoms with Gasteiger partial charge in [-0.2, -0.15) is 0 Å². The summed E-state index contributed by atoms with van der Waals surface area (Å²) in [5.74, 6) is 0.270. The summed E-state index contributed by atoms with van der Waals surface area (Å²) in [4.78, 5) is 22.7. The van der Waals surface area contributed by atoms with Gasteiger partial charge in [0.1, 0.15) is 12.4 Å². The normalized spacial score (nSPS) is 18.5. The third-order valence-electron chi connectivity index (χ3n) is 2.31. The van der Waals surface area contributed by atoms with Gasteiger partial charge in [0.15, 0.2) is 0 Å². The molecule has 1 aliphatic rings. The topological polar surface area (TPSA) is 75.6 Å². The van der Waals surface area contributed by atoms with E-state index in [-0.39, 0.29) is 17.8 Å². The van der Waals surface area contributed by atoms with Gasteiger partial charge in [0.2, 0.25) is 0 Å². The first kappa shape index (κ1) is 13.6. The Morgan fingerprint density at radius 1 is 1.37 bits per heavy atom. The van der Waals surface area contributed by atoms with E-state index in [2.05, 4.69) is 5.32 Å². The molecule has 1 fully saturated rings. The van der Waals surface area contributed by atoms with Crippen LogP contribution in [-0.4, -0.2) is 29.0 Å². The monoisotopic (exact) mass is 279 g/mol. The van der Waals surface area contributed by atoms with Crippen molar-refractivity contribution in [3.63, 3.8) is 0 Å². The summed E-state index contributed by atoms with van der Waals surface area (Å²) in [6.45, 7) is 1.87. The van der Waals surface area contributed by atoms with Crippen molar-refractivity contribution in [1.29, 1.82) is 0 Å². The van der Waals surface area contributed by atoms with E-state index in [1.54, 1.807) is 37.3 Å². The summed E-state index contributed by atoms with van der Waals surface area (Å²) >= 11 is 0.884. The number of nitrogens with one attached hydrogen (secondary N) is 1. The first-order valence-corrected chi connectivity index (χ1v) is 6.52. The molecule has 100 valence electrons. The molecule has 1 aromatic rings. The lowest BCUT2D eigenvalue weighted by atomic mass is 10.2. The number of hydrogen-bond donors (Lipinski definition) is 2. The number of ether oxygens (including phenoxy) is 1. The first-order valence-electron chi connectivity index (χ1n) is 5.70. The van der Waals surface area contributed by atoms with Crippen LogP contribution in [0.3, 0.4) is 0 Å². The maximum atomic E-state index is 11.4. The number of hydrogen-bond acceptors (Lipinski definition) is 5. The molecule has 19 heavy (non-hydrogen) atoms. The third-order valence-corrected chi connectivity index (χ3v) is 3.12. The number of rotatable bonds is 4. The molecular weight excluding hydrogens is 266 g/mol. The van der Waals surface area contributed by atoms with Gasteiger partial charge in [-0.25, -0.2) is 0 Å². The number of imide groups is 1. The smallest absolute Gasteiger partial charge is 0.290 e. The van der Waals surface area contributed by atoms with Crippen LogP contribution >= 0.6 is 11.8 Å². The van der Waals surface area contributed by atoms with Crippen LogP contribution in [0.15, 0.2) is 29.2 Å². The van der Waals surface area contributed by atoms with Gasteiger partial charge < -0.3 is 9.84 Å². The maximum absolute atomic E-state index is 11.4. The number of aliphatic hydroxyl groups excluding tert-OH is 1. The molecule has 0 saturated carbocycles. The second-order valence-electron chi connectivity index (χ2n) is 4.08. The van der Waals surface area contributed by atoms with Gasteiger partial charge in [-0.1, -0.05) is 12.1 Å². The largest absolute Gasteiger partial charge is 0.491 e. The molecule has 0 spiro atoms. The Labute approximate surface area is 114 Å². The number of aliphatic hydroxyl groups is 1. The highest BCUT2D eigenvalue weighted by Gasteiger charge is 2.24. The lowest BCUT2D eigenvalue weighted by Crippen LogP contribution is -2.17. The summed E-state index contributed by atoms with van der Waals surface area (Å²) in [6, 6.07) is 7.05. The third kappa shape index (κ3) is 3.84. The Balaban J connectivity index is 2.04. The van der Waals surface area contributed by atoms with Crippen molar-refractivity contribution in [3.8, 4) is 5.75 Å². The van der Waals surface area contributed by atoms with Gasteiger partial charge >= 0.3 is 0 Å². The van der Waals surface area contributed by atoms with Crippen molar-refractivity contribution in [2.45, 2.75) is 13.0 Å². The van der Waals surface area contributed by atoms with E-state index in [1.807, 2.05) is 0 Å². The highest BCUT2D eigenvalue weighted by atomic mass is 32.2. The quantitative estimate of drug-likeness (QED) is 0.822. The SMILES string of the molecule is CC(O)COc1ccc(C=C2SC(=O)NC2=O)cc1. The van der Waals surface area contributed by atoms with Crippen LogP contribution in [0.4, 0.5) is 4.79 Å². The fourth-order valence-electron chi connectivity index (χ4n) is 1.45. The molecule has 0 bridgehead atoms. The second kappa shape index (κ2) is 5.90. The van der Waals surface area contributed by atoms with E-state index in [4.69, 9.17) is 9.84 Å². The minimum absolute atomic E-state index is 0.229. The van der Waals surface area contributed by atoms with Gasteiger partial charge in [0.05, 0.1) is 11.0 Å². The molecule has 1 aliphatic heterocycles. The summed E-state index contributed by atoms with van der Waals surface area (Å²) in [6.07, 6.45) is 1.12. The molecule has 1 saturated heterocycles. The molecule has 1 heterocycles. The van der Waals surface area contributed by atoms with E-state index < -0.39 is 6.10 Å². The van der Waals surface area contributed by atoms with E-state index in [1.165, 1.54) is 0 Å². The fraction of sp³-hybridized carbons (Fsp3) is 0.231. The zero-order valence-electron chi connectivity index (χ0n) is 10.3. The van der Waals surface area contributed by atoms with Crippen LogP contribution in [0.25, 0.3) is 6.08 Å². The minimum Gasteiger partial charge on any atom is -0.491 e. The number of thioether (sulfide) groups is 1. The zero-order valence-corrected chi connectivity index (χ0v) is 11.1. The number of carbonyl (C=O) groups excluding carboxylic acids is 2. The Kier molecular flexibility index (Phi) is 4.24. The molecule has 6 heteroatoms. The average molecular weight is 279 g/mol. The maximum Gasteiger partial charge on any atom is 0.290 e. The van der Waals surface area contributed by atoms with Crippen molar-refractivity contribution in [1.82, 2.24) is 5.32 Å². The standard InChI is InChI=1S/C13H13NO4S/c1-8(15)7-18-10-4-2-9(3-5-10)6-11-12(16)14-13(17)19-11/h2-6,8,15H,7H2,1H3,(H,14,16,17). The molecule has 0 aromatic heterocycles. The summed E-state index contributed by atoms with van der Waals surface area (Å²) in [5.41, 5.74) is 0.803. The van der Waals surface area contributed by atoms with Crippen LogP contribution in [0, 0.1) is 0 Å². The highest BCUT2D eigenvalue weighted by molar-refractivity contribution is 8.18. The molecule has 0 aliphatic carbocycles. The van der Waals surface area contributed by atoms with Gasteiger partial charge in [0, 0.05) is 0 Å². The van der Waals surface area contributed by atoms with Crippen LogP contribution in [0.1, 0.15) is 12.5 Å². The van der Waals surface area contributed by atoms with E-state index in [0.717, 1.165) is 17.3 Å². The Hall–Kier alpha value is -1.79. The molecule has 2 rings (SSSR count). The van der Waals surface area contributed by atoms with Gasteiger partial charge in [-0.3, -0.25) is 14.9 Å². The predicted molar refractivity (Wildman–Crippen MR) is 72.7 cm³/mol. The molecular formula is C13H13NO4S. The Morgan fingerprint density at radius 2 is 2.05 bits per heavy atom. The van der Waals surface area contributed by atoms with Crippen molar-refractivity contribution in [2.75, 3.05) is 6.61 Å². The molecule has 2 amide bonds. The summed E-state index contributed by atoms with van der Waals surface area (Å²) in [5, 5.41) is 10.9. The minimum atomic E-state index is -0.522. The van der Waals surface area contributed by atoms with Crippen molar-refractivity contribution < 1.29 is 19.4 Å². The molecule has 1 aromatic carbocycles. The summed E-state index contributed by atoms with van der Waals surface area (Å²) in [7, 11) is 0. The lowest BCUT2D eigenvalue weighted by Gasteiger charge is -2.07. The Bertz CT molecular complexity index is 522. The van der Waals surface area contributed by atoms with Crippen molar-refractivity contribution >= 4 is 29.0 Å². The molecule has 0 radical (unpaired) electrons. The molecule has 1 atom stereocenters. The summed E-state index contributed by atoms with van der Waals surface area (Å²) < 4.78 is 5.32. The fourth-order valence-corrected chi connectivity index (χ4v) is 2.13. The molecule has 1 unspecified atom stereocenters. The van der Waals surface area contributed by atoms with Gasteiger partial charge in [0.25, 0.3) is 11.1 Å². The van der Waals surface area contributed by atoms with Gasteiger partial charge in [-0.15, -0.1) is 0 Å². The van der Waals surface area contributed by atoms with Crippen LogP contribution in [0.5, 0.6) is 5.75 Å². The van der Waals surface area contributed by atoms with Crippen molar-refractivity contribution in [2.24, 2.45) is 0 Å². The van der Waals surface area contributed by atoms with Crippen LogP contribution in [0.2, 0.25) is 0 Å². The van der Waals surface area contributed by atoms with Crippen LogP contribution in [-0.2, 0) is 4.79 Å². The first-order chi connectivity index (χ1) is 9.04. The van der Waals surface area contributed by atoms with E-state index >= 15 is 0 Å². The van der Waals surface area contributed by atoms with Crippen molar-refractivity contribution in [3.05, 3.63) is 34.7 Å². The Morgan fingerprint density at radius 3 is 2.58 bits per heavy atom.